The van der Waals surface area contributed by atoms with E-state index in [1.165, 1.54) is 12.4 Å². The lowest BCUT2D eigenvalue weighted by Crippen LogP contribution is -2.31. The van der Waals surface area contributed by atoms with Crippen LogP contribution in [0.3, 0.4) is 0 Å². The minimum Gasteiger partial charge on any atom is -0.494 e. The van der Waals surface area contributed by atoms with E-state index >= 15 is 0 Å². The molecule has 4 heterocycles. The fraction of sp³-hybridized carbons (Fsp3) is 0.414. The predicted octanol–water partition coefficient (Wildman–Crippen LogP) is 4.02. The van der Waals surface area contributed by atoms with Crippen LogP contribution < -0.4 is 25.2 Å². The van der Waals surface area contributed by atoms with Gasteiger partial charge in [-0.2, -0.15) is 4.98 Å². The highest BCUT2D eigenvalue weighted by molar-refractivity contribution is 6.02. The van der Waals surface area contributed by atoms with Crippen LogP contribution in [0.1, 0.15) is 31.7 Å². The number of carbonyl (C=O) groups excluding carboxylic acids is 1. The van der Waals surface area contributed by atoms with Crippen molar-refractivity contribution in [3.8, 4) is 5.75 Å². The van der Waals surface area contributed by atoms with Gasteiger partial charge in [-0.05, 0) is 51.7 Å². The highest BCUT2D eigenvalue weighted by Gasteiger charge is 2.38. The summed E-state index contributed by atoms with van der Waals surface area (Å²) in [7, 11) is 5.80. The van der Waals surface area contributed by atoms with Crippen molar-refractivity contribution in [3.05, 3.63) is 54.6 Å². The van der Waals surface area contributed by atoms with Crippen LogP contribution in [0.4, 0.5) is 34.6 Å². The molecule has 0 bridgehead atoms. The van der Waals surface area contributed by atoms with Gasteiger partial charge in [-0.1, -0.05) is 20.4 Å². The molecule has 0 spiro atoms. The Morgan fingerprint density at radius 1 is 1.18 bits per heavy atom. The molecule has 1 aromatic carbocycles. The zero-order chi connectivity index (χ0) is 28.6. The van der Waals surface area contributed by atoms with Crippen LogP contribution in [0, 0.1) is 6.92 Å². The zero-order valence-electron chi connectivity index (χ0n) is 24.0. The highest BCUT2D eigenvalue weighted by Crippen LogP contribution is 2.43. The third-order valence-corrected chi connectivity index (χ3v) is 7.54. The van der Waals surface area contributed by atoms with Crippen molar-refractivity contribution in [2.75, 3.05) is 61.3 Å². The standard InChI is InChI=1S/C29H37N9O2/c1-8-25(39)33-20-13-21(24(40-7)14-23(20)37-12-11-19(15-37)36(5)6)34-27-30-17-31-28(35-27)38-16-29(3,4)26-22(38)10-9-18(2)32-26/h8-10,13-14,17,19H,1,11-12,15-16H2,2-7H3,(H,33,39)(H,30,31,34,35)/t19-/m1/s1. The van der Waals surface area contributed by atoms with Crippen LogP contribution in [0.15, 0.2) is 43.2 Å². The number of amides is 1. The van der Waals surface area contributed by atoms with Crippen molar-refractivity contribution >= 4 is 40.6 Å². The molecule has 0 unspecified atom stereocenters. The van der Waals surface area contributed by atoms with Gasteiger partial charge in [0.25, 0.3) is 0 Å². The maximum absolute atomic E-state index is 12.4. The summed E-state index contributed by atoms with van der Waals surface area (Å²) >= 11 is 0. The zero-order valence-corrected chi connectivity index (χ0v) is 24.0. The molecule has 2 aliphatic rings. The normalized spacial score (nSPS) is 17.6. The molecule has 2 aliphatic heterocycles. The Hall–Kier alpha value is -4.25. The first-order chi connectivity index (χ1) is 19.1. The van der Waals surface area contributed by atoms with E-state index in [1.54, 1.807) is 7.11 Å². The average Bonchev–Trinajstić information content (AvgIpc) is 3.52. The lowest BCUT2D eigenvalue weighted by Gasteiger charge is -2.25. The maximum Gasteiger partial charge on any atom is 0.247 e. The molecule has 1 saturated heterocycles. The summed E-state index contributed by atoms with van der Waals surface area (Å²) in [5.41, 5.74) is 5.00. The van der Waals surface area contributed by atoms with E-state index in [2.05, 4.69) is 75.9 Å². The van der Waals surface area contributed by atoms with Gasteiger partial charge in [-0.3, -0.25) is 9.78 Å². The number of carbonyl (C=O) groups is 1. The number of benzene rings is 1. The number of hydrogen-bond acceptors (Lipinski definition) is 10. The summed E-state index contributed by atoms with van der Waals surface area (Å²) in [6.45, 7) is 12.4. The van der Waals surface area contributed by atoms with Gasteiger partial charge >= 0.3 is 0 Å². The molecule has 1 atom stereocenters. The molecule has 210 valence electrons. The molecular formula is C29H37N9O2. The number of methoxy groups -OCH3 is 1. The number of rotatable bonds is 8. The SMILES string of the molecule is C=CC(=O)Nc1cc(Nc2ncnc(N3CC(C)(C)c4nc(C)ccc43)n2)c(OC)cc1N1CC[C@@H](N(C)C)C1. The summed E-state index contributed by atoms with van der Waals surface area (Å²) in [6.07, 6.45) is 3.78. The lowest BCUT2D eigenvalue weighted by molar-refractivity contribution is -0.111. The minimum atomic E-state index is -0.290. The van der Waals surface area contributed by atoms with E-state index in [0.717, 1.165) is 42.3 Å². The van der Waals surface area contributed by atoms with Gasteiger partial charge in [0.05, 0.1) is 35.6 Å². The highest BCUT2D eigenvalue weighted by atomic mass is 16.5. The third-order valence-electron chi connectivity index (χ3n) is 7.54. The van der Waals surface area contributed by atoms with Gasteiger partial charge in [-0.25, -0.2) is 9.97 Å². The second-order valence-electron chi connectivity index (χ2n) is 11.1. The van der Waals surface area contributed by atoms with Crippen molar-refractivity contribution in [1.82, 2.24) is 24.8 Å². The molecule has 0 saturated carbocycles. The van der Waals surface area contributed by atoms with Crippen LogP contribution in [-0.2, 0) is 10.2 Å². The smallest absolute Gasteiger partial charge is 0.247 e. The molecule has 3 aromatic rings. The number of hydrogen-bond donors (Lipinski definition) is 2. The number of nitrogens with zero attached hydrogens (tertiary/aromatic N) is 7. The number of aryl methyl sites for hydroxylation is 1. The molecular weight excluding hydrogens is 506 g/mol. The number of anilines is 6. The predicted molar refractivity (Wildman–Crippen MR) is 158 cm³/mol. The molecule has 5 rings (SSSR count). The van der Waals surface area contributed by atoms with E-state index in [0.29, 0.717) is 41.6 Å². The Morgan fingerprint density at radius 3 is 2.67 bits per heavy atom. The van der Waals surface area contributed by atoms with Gasteiger partial charge in [-0.15, -0.1) is 0 Å². The van der Waals surface area contributed by atoms with Crippen LogP contribution >= 0.6 is 0 Å². The number of fused-ring (bicyclic) bond motifs is 1. The molecule has 2 aromatic heterocycles. The first-order valence-electron chi connectivity index (χ1n) is 13.4. The molecule has 40 heavy (non-hydrogen) atoms. The summed E-state index contributed by atoms with van der Waals surface area (Å²) in [6, 6.07) is 8.28. The van der Waals surface area contributed by atoms with Crippen molar-refractivity contribution < 1.29 is 9.53 Å². The Kier molecular flexibility index (Phi) is 7.33. The van der Waals surface area contributed by atoms with Crippen LogP contribution in [-0.4, -0.2) is 77.6 Å². The Bertz CT molecular complexity index is 1440. The van der Waals surface area contributed by atoms with Crippen molar-refractivity contribution in [1.29, 1.82) is 0 Å². The number of pyridine rings is 1. The minimum absolute atomic E-state index is 0.153. The second-order valence-corrected chi connectivity index (χ2v) is 11.1. The molecule has 11 nitrogen and oxygen atoms in total. The topological polar surface area (TPSA) is 112 Å². The molecule has 2 N–H and O–H groups in total. The molecule has 11 heteroatoms. The monoisotopic (exact) mass is 543 g/mol. The van der Waals surface area contributed by atoms with Crippen LogP contribution in [0.25, 0.3) is 0 Å². The Morgan fingerprint density at radius 2 is 1.98 bits per heavy atom. The van der Waals surface area contributed by atoms with Gasteiger partial charge in [0.2, 0.25) is 17.8 Å². The summed E-state index contributed by atoms with van der Waals surface area (Å²) < 4.78 is 5.77. The van der Waals surface area contributed by atoms with Crippen molar-refractivity contribution in [3.63, 3.8) is 0 Å². The van der Waals surface area contributed by atoms with E-state index in [1.807, 2.05) is 25.1 Å². The largest absolute Gasteiger partial charge is 0.494 e. The molecule has 1 fully saturated rings. The first kappa shape index (κ1) is 27.3. The summed E-state index contributed by atoms with van der Waals surface area (Å²) in [5.74, 6) is 1.20. The van der Waals surface area contributed by atoms with Gasteiger partial charge in [0, 0.05) is 42.9 Å². The maximum atomic E-state index is 12.4. The number of ether oxygens (including phenoxy) is 1. The number of likely N-dealkylation sites (N-methyl/N-ethyl adjacent to an activating group) is 1. The Balaban J connectivity index is 1.47. The fourth-order valence-electron chi connectivity index (χ4n) is 5.36. The van der Waals surface area contributed by atoms with Gasteiger partial charge in [0.1, 0.15) is 12.1 Å². The quantitative estimate of drug-likeness (QED) is 0.404. The first-order valence-corrected chi connectivity index (χ1v) is 13.4. The second kappa shape index (κ2) is 10.7. The van der Waals surface area contributed by atoms with Crippen LogP contribution in [0.5, 0.6) is 5.75 Å². The van der Waals surface area contributed by atoms with E-state index in [4.69, 9.17) is 14.7 Å². The average molecular weight is 544 g/mol. The van der Waals surface area contributed by atoms with Crippen LogP contribution in [0.2, 0.25) is 0 Å². The molecule has 1 amide bonds. The third kappa shape index (κ3) is 5.29. The fourth-order valence-corrected chi connectivity index (χ4v) is 5.36. The van der Waals surface area contributed by atoms with Crippen molar-refractivity contribution in [2.24, 2.45) is 0 Å². The molecule has 0 radical (unpaired) electrons. The van der Waals surface area contributed by atoms with Gasteiger partial charge in [0.15, 0.2) is 0 Å². The van der Waals surface area contributed by atoms with Gasteiger partial charge < -0.3 is 30.1 Å². The number of aromatic nitrogens is 4. The summed E-state index contributed by atoms with van der Waals surface area (Å²) in [4.78, 5) is 37.3. The summed E-state index contributed by atoms with van der Waals surface area (Å²) in [5, 5.41) is 6.25. The van der Waals surface area contributed by atoms with Crippen molar-refractivity contribution in [2.45, 2.75) is 38.6 Å². The lowest BCUT2D eigenvalue weighted by atomic mass is 9.91. The van der Waals surface area contributed by atoms with E-state index < -0.39 is 0 Å². The van der Waals surface area contributed by atoms with E-state index in [9.17, 15) is 4.79 Å². The molecule has 0 aliphatic carbocycles. The number of nitrogens with one attached hydrogen (secondary N) is 2. The Labute approximate surface area is 235 Å². The van der Waals surface area contributed by atoms with E-state index in [-0.39, 0.29) is 11.3 Å².